The molecule has 0 saturated carbocycles. The lowest BCUT2D eigenvalue weighted by molar-refractivity contribution is -0.142. The molecule has 0 atom stereocenters. The topological polar surface area (TPSA) is 84.9 Å². The van der Waals surface area contributed by atoms with E-state index in [0.717, 1.165) is 19.2 Å². The zero-order valence-electron chi connectivity index (χ0n) is 10.6. The smallest absolute Gasteiger partial charge is 0.329 e. The summed E-state index contributed by atoms with van der Waals surface area (Å²) in [4.78, 5) is 21.9. The summed E-state index contributed by atoms with van der Waals surface area (Å²) in [5.74, 6) is -4.30. The molecular formula is C12H13F2NO5. The minimum Gasteiger partial charge on any atom is -0.493 e. The molecule has 6 nitrogen and oxygen atoms in total. The predicted molar refractivity (Wildman–Crippen MR) is 63.7 cm³/mol. The molecule has 0 radical (unpaired) electrons. The summed E-state index contributed by atoms with van der Waals surface area (Å²) in [6.45, 7) is -0.629. The molecule has 0 aromatic heterocycles. The number of halogens is 2. The molecule has 20 heavy (non-hydrogen) atoms. The van der Waals surface area contributed by atoms with Gasteiger partial charge in [0.05, 0.1) is 13.7 Å². The van der Waals surface area contributed by atoms with Gasteiger partial charge in [-0.15, -0.1) is 0 Å². The number of rotatable bonds is 7. The molecule has 8 heteroatoms. The van der Waals surface area contributed by atoms with Gasteiger partial charge in [0.15, 0.2) is 11.6 Å². The number of amides is 1. The van der Waals surface area contributed by atoms with Crippen molar-refractivity contribution in [1.29, 1.82) is 0 Å². The Morgan fingerprint density at radius 1 is 1.30 bits per heavy atom. The van der Waals surface area contributed by atoms with E-state index in [4.69, 9.17) is 5.11 Å². The Labute approximate surface area is 113 Å². The van der Waals surface area contributed by atoms with Gasteiger partial charge in [0.2, 0.25) is 0 Å². The minimum absolute atomic E-state index is 0.0504. The van der Waals surface area contributed by atoms with Crippen molar-refractivity contribution < 1.29 is 33.0 Å². The Bertz CT molecular complexity index is 507. The molecule has 1 amide bonds. The first kappa shape index (κ1) is 15.8. The third kappa shape index (κ3) is 4.16. The number of hydrogen-bond acceptors (Lipinski definition) is 4. The number of hydrogen-bond donors (Lipinski definition) is 2. The third-order valence-electron chi connectivity index (χ3n) is 2.25. The van der Waals surface area contributed by atoms with Crippen LogP contribution >= 0.6 is 0 Å². The minimum atomic E-state index is -1.14. The highest BCUT2D eigenvalue weighted by Crippen LogP contribution is 2.24. The molecule has 1 rings (SSSR count). The zero-order valence-corrected chi connectivity index (χ0v) is 10.6. The zero-order chi connectivity index (χ0) is 15.1. The van der Waals surface area contributed by atoms with Crippen LogP contribution in [0.1, 0.15) is 10.4 Å². The highest BCUT2D eigenvalue weighted by molar-refractivity contribution is 5.97. The van der Waals surface area contributed by atoms with E-state index in [2.05, 4.69) is 14.8 Å². The third-order valence-corrected chi connectivity index (χ3v) is 2.25. The van der Waals surface area contributed by atoms with Gasteiger partial charge < -0.3 is 19.9 Å². The van der Waals surface area contributed by atoms with Gasteiger partial charge in [0, 0.05) is 6.54 Å². The van der Waals surface area contributed by atoms with Gasteiger partial charge in [-0.2, -0.15) is 0 Å². The first-order valence-electron chi connectivity index (χ1n) is 5.57. The van der Waals surface area contributed by atoms with E-state index in [1.807, 2.05) is 0 Å². The SMILES string of the molecule is COc1c(F)ccc(F)c1C(=O)NCCOCC(=O)O. The van der Waals surface area contributed by atoms with Crippen molar-refractivity contribution in [3.8, 4) is 5.75 Å². The normalized spacial score (nSPS) is 10.2. The van der Waals surface area contributed by atoms with Crippen LogP contribution in [0.2, 0.25) is 0 Å². The number of ether oxygens (including phenoxy) is 2. The molecule has 0 heterocycles. The summed E-state index contributed by atoms with van der Waals surface area (Å²) in [5.41, 5.74) is -0.550. The van der Waals surface area contributed by atoms with Crippen LogP contribution < -0.4 is 10.1 Å². The van der Waals surface area contributed by atoms with Gasteiger partial charge in [-0.1, -0.05) is 0 Å². The van der Waals surface area contributed by atoms with Crippen LogP contribution in [-0.4, -0.2) is 43.9 Å². The summed E-state index contributed by atoms with van der Waals surface area (Å²) in [5, 5.41) is 10.6. The second-order valence-electron chi connectivity index (χ2n) is 3.64. The Morgan fingerprint density at radius 2 is 1.95 bits per heavy atom. The lowest BCUT2D eigenvalue weighted by atomic mass is 10.1. The second-order valence-corrected chi connectivity index (χ2v) is 3.64. The maximum absolute atomic E-state index is 13.5. The number of carbonyl (C=O) groups excluding carboxylic acids is 1. The van der Waals surface area contributed by atoms with Gasteiger partial charge in [-0.3, -0.25) is 4.79 Å². The van der Waals surface area contributed by atoms with Crippen LogP contribution in [0.5, 0.6) is 5.75 Å². The Balaban J connectivity index is 2.64. The number of aliphatic carboxylic acids is 1. The average molecular weight is 289 g/mol. The van der Waals surface area contributed by atoms with Gasteiger partial charge in [0.1, 0.15) is 18.0 Å². The van der Waals surface area contributed by atoms with Crippen molar-refractivity contribution in [3.05, 3.63) is 29.3 Å². The summed E-state index contributed by atoms with van der Waals surface area (Å²) in [6.07, 6.45) is 0. The molecule has 0 aliphatic carbocycles. The number of carboxylic acid groups (broad SMARTS) is 1. The summed E-state index contributed by atoms with van der Waals surface area (Å²) in [6, 6.07) is 1.66. The van der Waals surface area contributed by atoms with Gasteiger partial charge in [0.25, 0.3) is 5.91 Å². The van der Waals surface area contributed by atoms with Gasteiger partial charge in [-0.05, 0) is 12.1 Å². The van der Waals surface area contributed by atoms with E-state index >= 15 is 0 Å². The fourth-order valence-corrected chi connectivity index (χ4v) is 1.43. The predicted octanol–water partition coefficient (Wildman–Crippen LogP) is 0.804. The number of nitrogens with one attached hydrogen (secondary N) is 1. The van der Waals surface area contributed by atoms with E-state index in [1.54, 1.807) is 0 Å². The number of carbonyl (C=O) groups is 2. The highest BCUT2D eigenvalue weighted by Gasteiger charge is 2.21. The molecule has 110 valence electrons. The second kappa shape index (κ2) is 7.39. The molecule has 0 bridgehead atoms. The maximum Gasteiger partial charge on any atom is 0.329 e. The molecule has 0 unspecified atom stereocenters. The fourth-order valence-electron chi connectivity index (χ4n) is 1.43. The van der Waals surface area contributed by atoms with Gasteiger partial charge >= 0.3 is 5.97 Å². The molecule has 0 saturated heterocycles. The molecule has 0 aliphatic rings. The van der Waals surface area contributed by atoms with Crippen molar-refractivity contribution in [2.75, 3.05) is 26.9 Å². The van der Waals surface area contributed by atoms with Crippen LogP contribution in [0.25, 0.3) is 0 Å². The summed E-state index contributed by atoms with van der Waals surface area (Å²) >= 11 is 0. The molecule has 0 aliphatic heterocycles. The van der Waals surface area contributed by atoms with E-state index in [9.17, 15) is 18.4 Å². The molecule has 1 aromatic carbocycles. The van der Waals surface area contributed by atoms with E-state index < -0.39 is 41.4 Å². The molecule has 1 aromatic rings. The van der Waals surface area contributed by atoms with E-state index in [0.29, 0.717) is 0 Å². The molecule has 2 N–H and O–H groups in total. The van der Waals surface area contributed by atoms with Crippen molar-refractivity contribution >= 4 is 11.9 Å². The Kier molecular flexibility index (Phi) is 5.85. The number of benzene rings is 1. The highest BCUT2D eigenvalue weighted by atomic mass is 19.1. The van der Waals surface area contributed by atoms with Crippen LogP contribution in [0, 0.1) is 11.6 Å². The van der Waals surface area contributed by atoms with Crippen LogP contribution in [0.15, 0.2) is 12.1 Å². The molecule has 0 fully saturated rings. The summed E-state index contributed by atoms with van der Waals surface area (Å²) < 4.78 is 36.2. The number of carboxylic acids is 1. The van der Waals surface area contributed by atoms with Crippen molar-refractivity contribution in [2.45, 2.75) is 0 Å². The van der Waals surface area contributed by atoms with Crippen LogP contribution in [0.3, 0.4) is 0 Å². The van der Waals surface area contributed by atoms with Crippen LogP contribution in [-0.2, 0) is 9.53 Å². The summed E-state index contributed by atoms with van der Waals surface area (Å²) in [7, 11) is 1.12. The van der Waals surface area contributed by atoms with Crippen LogP contribution in [0.4, 0.5) is 8.78 Å². The Morgan fingerprint density at radius 3 is 2.55 bits per heavy atom. The first-order chi connectivity index (χ1) is 9.47. The average Bonchev–Trinajstić information content (AvgIpc) is 2.39. The first-order valence-corrected chi connectivity index (χ1v) is 5.57. The lowest BCUT2D eigenvalue weighted by Crippen LogP contribution is -2.29. The monoisotopic (exact) mass is 289 g/mol. The fraction of sp³-hybridized carbons (Fsp3) is 0.333. The molecular weight excluding hydrogens is 276 g/mol. The maximum atomic E-state index is 13.5. The van der Waals surface area contributed by atoms with E-state index in [-0.39, 0.29) is 13.2 Å². The standard InChI is InChI=1S/C12H13F2NO5/c1-19-11-8(14)3-2-7(13)10(11)12(18)15-4-5-20-6-9(16)17/h2-3H,4-6H2,1H3,(H,15,18)(H,16,17). The molecule has 0 spiro atoms. The lowest BCUT2D eigenvalue weighted by Gasteiger charge is -2.10. The van der Waals surface area contributed by atoms with Crippen molar-refractivity contribution in [1.82, 2.24) is 5.32 Å². The largest absolute Gasteiger partial charge is 0.493 e. The Hall–Kier alpha value is -2.22. The van der Waals surface area contributed by atoms with E-state index in [1.165, 1.54) is 0 Å². The van der Waals surface area contributed by atoms with Crippen molar-refractivity contribution in [2.24, 2.45) is 0 Å². The quantitative estimate of drug-likeness (QED) is 0.725. The number of methoxy groups -OCH3 is 1. The van der Waals surface area contributed by atoms with Crippen molar-refractivity contribution in [3.63, 3.8) is 0 Å². The van der Waals surface area contributed by atoms with Gasteiger partial charge in [-0.25, -0.2) is 13.6 Å².